The summed E-state index contributed by atoms with van der Waals surface area (Å²) in [5.74, 6) is -2.75. The van der Waals surface area contributed by atoms with Gasteiger partial charge in [-0.25, -0.2) is 4.39 Å². The van der Waals surface area contributed by atoms with Gasteiger partial charge in [-0.2, -0.15) is 0 Å². The highest BCUT2D eigenvalue weighted by molar-refractivity contribution is 6.26. The summed E-state index contributed by atoms with van der Waals surface area (Å²) in [5, 5.41) is 10.4. The first-order valence-electron chi connectivity index (χ1n) is 14.4. The third kappa shape index (κ3) is 3.23. The normalized spacial score (nSPS) is 47.9. The van der Waals surface area contributed by atoms with Crippen LogP contribution < -0.4 is 0 Å². The summed E-state index contributed by atoms with van der Waals surface area (Å²) in [5.41, 5.74) is -4.38. The van der Waals surface area contributed by atoms with E-state index in [1.165, 1.54) is 7.11 Å². The van der Waals surface area contributed by atoms with Crippen LogP contribution in [0.3, 0.4) is 0 Å². The molecule has 39 heavy (non-hydrogen) atoms. The molecule has 0 aliphatic heterocycles. The first-order chi connectivity index (χ1) is 18.0. The van der Waals surface area contributed by atoms with Gasteiger partial charge in [0, 0.05) is 5.92 Å². The zero-order valence-electron chi connectivity index (χ0n) is 24.4. The minimum atomic E-state index is -1.33. The number of Topliss-reactive ketones (excluding diaryl/α,β-unsaturated/α-hetero) is 2. The third-order valence-electron chi connectivity index (χ3n) is 12.8. The standard InChI is InChI=1S/C32H43FO6/c1-27(2)10-12-32(26(38)39-7)13-11-30(5)23(19(32)15-27)20(35)14-22-29(30,4)9-8-21-28(3,17-34)24(36)18(16-33)25(37)31(21,22)6/h14,16,19,21,23,34H,8-13,15,17H2,1-7H3/t19-,21-,23-,28+,29+,30+,31-,32-/m0/s1. The number of aliphatic hydroxyl groups excluding tert-OH is 1. The van der Waals surface area contributed by atoms with Crippen LogP contribution in [0.5, 0.6) is 0 Å². The fourth-order valence-corrected chi connectivity index (χ4v) is 10.3. The molecule has 6 nitrogen and oxygen atoms in total. The van der Waals surface area contributed by atoms with E-state index in [1.54, 1.807) is 19.9 Å². The Balaban J connectivity index is 1.72. The molecule has 5 aliphatic rings. The van der Waals surface area contributed by atoms with Gasteiger partial charge < -0.3 is 9.84 Å². The maximum absolute atomic E-state index is 14.4. The number of halogens is 1. The van der Waals surface area contributed by atoms with Crippen molar-refractivity contribution in [3.8, 4) is 0 Å². The quantitative estimate of drug-likeness (QED) is 0.288. The number of rotatable bonds is 2. The van der Waals surface area contributed by atoms with Gasteiger partial charge in [-0.1, -0.05) is 27.7 Å². The smallest absolute Gasteiger partial charge is 0.312 e. The zero-order valence-corrected chi connectivity index (χ0v) is 24.4. The average molecular weight is 543 g/mol. The van der Waals surface area contributed by atoms with Crippen LogP contribution in [0.4, 0.5) is 4.39 Å². The monoisotopic (exact) mass is 542 g/mol. The largest absolute Gasteiger partial charge is 0.469 e. The van der Waals surface area contributed by atoms with E-state index in [2.05, 4.69) is 27.7 Å². The molecule has 4 fully saturated rings. The van der Waals surface area contributed by atoms with Crippen molar-refractivity contribution < 1.29 is 33.4 Å². The van der Waals surface area contributed by atoms with Crippen molar-refractivity contribution in [2.45, 2.75) is 86.5 Å². The van der Waals surface area contributed by atoms with Gasteiger partial charge in [-0.3, -0.25) is 19.2 Å². The predicted molar refractivity (Wildman–Crippen MR) is 143 cm³/mol. The molecule has 0 heterocycles. The lowest BCUT2D eigenvalue weighted by Gasteiger charge is -2.68. The van der Waals surface area contributed by atoms with E-state index in [0.29, 0.717) is 37.7 Å². The molecule has 5 rings (SSSR count). The van der Waals surface area contributed by atoms with E-state index >= 15 is 0 Å². The summed E-state index contributed by atoms with van der Waals surface area (Å²) in [6.07, 6.45) is 6.36. The molecule has 0 bridgehead atoms. The van der Waals surface area contributed by atoms with Gasteiger partial charge in [0.2, 0.25) is 0 Å². The Bertz CT molecular complexity index is 1230. The molecular weight excluding hydrogens is 499 g/mol. The van der Waals surface area contributed by atoms with Gasteiger partial charge in [0.1, 0.15) is 6.33 Å². The number of methoxy groups -OCH3 is 1. The van der Waals surface area contributed by atoms with Crippen LogP contribution in [0, 0.1) is 50.2 Å². The van der Waals surface area contributed by atoms with E-state index in [9.17, 15) is 28.7 Å². The van der Waals surface area contributed by atoms with E-state index in [1.807, 2.05) is 0 Å². The van der Waals surface area contributed by atoms with Crippen LogP contribution in [-0.2, 0) is 23.9 Å². The lowest BCUT2D eigenvalue weighted by atomic mass is 9.33. The summed E-state index contributed by atoms with van der Waals surface area (Å²) in [6, 6.07) is 0. The fraction of sp³-hybridized carbons (Fsp3) is 0.750. The van der Waals surface area contributed by atoms with Gasteiger partial charge in [-0.05, 0) is 98.5 Å². The number of hydrogen-bond donors (Lipinski definition) is 1. The number of carbonyl (C=O) groups excluding carboxylic acids is 4. The first kappa shape index (κ1) is 28.4. The van der Waals surface area contributed by atoms with Crippen molar-refractivity contribution >= 4 is 23.3 Å². The van der Waals surface area contributed by atoms with E-state index in [4.69, 9.17) is 4.74 Å². The van der Waals surface area contributed by atoms with Gasteiger partial charge in [-0.15, -0.1) is 0 Å². The molecule has 0 amide bonds. The molecule has 0 aromatic rings. The number of carbonyl (C=O) groups is 4. The number of ketones is 3. The Morgan fingerprint density at radius 2 is 1.67 bits per heavy atom. The summed E-state index contributed by atoms with van der Waals surface area (Å²) in [7, 11) is 1.43. The number of ether oxygens (including phenoxy) is 1. The molecule has 1 N–H and O–H groups in total. The maximum Gasteiger partial charge on any atom is 0.312 e. The third-order valence-corrected chi connectivity index (χ3v) is 12.8. The van der Waals surface area contributed by atoms with Crippen LogP contribution in [0.2, 0.25) is 0 Å². The summed E-state index contributed by atoms with van der Waals surface area (Å²) < 4.78 is 19.5. The van der Waals surface area contributed by atoms with Crippen molar-refractivity contribution in [3.05, 3.63) is 23.6 Å². The van der Waals surface area contributed by atoms with Crippen LogP contribution >= 0.6 is 0 Å². The van der Waals surface area contributed by atoms with Gasteiger partial charge in [0.05, 0.1) is 35.5 Å². The van der Waals surface area contributed by atoms with Crippen molar-refractivity contribution in [2.75, 3.05) is 13.7 Å². The molecule has 0 spiro atoms. The second-order valence-corrected chi connectivity index (χ2v) is 14.9. The molecule has 214 valence electrons. The Labute approximate surface area is 230 Å². The van der Waals surface area contributed by atoms with Crippen molar-refractivity contribution in [1.29, 1.82) is 0 Å². The minimum Gasteiger partial charge on any atom is -0.469 e. The lowest BCUT2D eigenvalue weighted by molar-refractivity contribution is -0.192. The van der Waals surface area contributed by atoms with E-state index in [0.717, 1.165) is 12.8 Å². The van der Waals surface area contributed by atoms with Crippen molar-refractivity contribution in [3.63, 3.8) is 0 Å². The Morgan fingerprint density at radius 1 is 1.03 bits per heavy atom. The summed E-state index contributed by atoms with van der Waals surface area (Å²) in [6.45, 7) is 11.5. The molecule has 0 unspecified atom stereocenters. The number of esters is 1. The Morgan fingerprint density at radius 3 is 2.26 bits per heavy atom. The molecule has 0 radical (unpaired) electrons. The first-order valence-corrected chi connectivity index (χ1v) is 14.4. The predicted octanol–water partition coefficient (Wildman–Crippen LogP) is 5.32. The lowest BCUT2D eigenvalue weighted by Crippen LogP contribution is -2.68. The summed E-state index contributed by atoms with van der Waals surface area (Å²) in [4.78, 5) is 55.0. The molecule has 5 aliphatic carbocycles. The SMILES string of the molecule is COC(=O)[C@]12CCC(C)(C)C[C@H]1[C@H]1C(=O)C=C3[C@@]4(C)C(=O)C(=CF)C(=O)[C@](C)(CO)[C@@H]4CC[C@@]3(C)[C@]1(C)CC2. The second-order valence-electron chi connectivity index (χ2n) is 14.9. The van der Waals surface area contributed by atoms with Gasteiger partial charge >= 0.3 is 5.97 Å². The van der Waals surface area contributed by atoms with Gasteiger partial charge in [0.15, 0.2) is 17.3 Å². The zero-order chi connectivity index (χ0) is 29.0. The Hall–Kier alpha value is -2.15. The molecule has 4 saturated carbocycles. The maximum atomic E-state index is 14.4. The molecule has 8 atom stereocenters. The van der Waals surface area contributed by atoms with Crippen molar-refractivity contribution in [2.24, 2.45) is 50.2 Å². The fourth-order valence-electron chi connectivity index (χ4n) is 10.3. The summed E-state index contributed by atoms with van der Waals surface area (Å²) >= 11 is 0. The molecule has 7 heteroatoms. The number of hydrogen-bond acceptors (Lipinski definition) is 6. The number of allylic oxidation sites excluding steroid dienone is 3. The number of aliphatic hydroxyl groups is 1. The van der Waals surface area contributed by atoms with Crippen LogP contribution in [0.1, 0.15) is 86.5 Å². The highest BCUT2D eigenvalue weighted by atomic mass is 19.1. The highest BCUT2D eigenvalue weighted by Gasteiger charge is 2.73. The molecule has 0 aromatic heterocycles. The second kappa shape index (κ2) is 8.43. The minimum absolute atomic E-state index is 0.0291. The number of fused-ring (bicyclic) bond motifs is 7. The van der Waals surface area contributed by atoms with Crippen LogP contribution in [-0.4, -0.2) is 42.1 Å². The topological polar surface area (TPSA) is 97.7 Å². The molecule has 0 aromatic carbocycles. The van der Waals surface area contributed by atoms with E-state index in [-0.39, 0.29) is 29.4 Å². The molecular formula is C32H43FO6. The van der Waals surface area contributed by atoms with E-state index < -0.39 is 62.7 Å². The highest BCUT2D eigenvalue weighted by Crippen LogP contribution is 2.74. The van der Waals surface area contributed by atoms with Gasteiger partial charge in [0.25, 0.3) is 0 Å². The Kier molecular flexibility index (Phi) is 6.14. The average Bonchev–Trinajstić information content (AvgIpc) is 2.88. The van der Waals surface area contributed by atoms with Crippen molar-refractivity contribution in [1.82, 2.24) is 0 Å². The molecule has 0 saturated heterocycles. The van der Waals surface area contributed by atoms with Crippen LogP contribution in [0.25, 0.3) is 0 Å². The van der Waals surface area contributed by atoms with Crippen LogP contribution in [0.15, 0.2) is 23.6 Å².